The lowest BCUT2D eigenvalue weighted by molar-refractivity contribution is 0.108. The summed E-state index contributed by atoms with van der Waals surface area (Å²) in [5, 5.41) is 17.0. The number of nitrogens with zero attached hydrogens (tertiary/aromatic N) is 5. The zero-order chi connectivity index (χ0) is 24.2. The normalized spacial score (nSPS) is 12.2. The maximum atomic E-state index is 9.97. The van der Waals surface area contributed by atoms with Crippen LogP contribution in [0.3, 0.4) is 0 Å². The number of hydrogen-bond acceptors (Lipinski definition) is 8. The van der Waals surface area contributed by atoms with Gasteiger partial charge in [0, 0.05) is 31.8 Å². The lowest BCUT2D eigenvalue weighted by Crippen LogP contribution is -2.29. The van der Waals surface area contributed by atoms with E-state index in [1.807, 2.05) is 62.8 Å². The van der Waals surface area contributed by atoms with Crippen LogP contribution < -0.4 is 10.1 Å². The number of rotatable bonds is 9. The molecule has 0 aliphatic carbocycles. The first-order valence-corrected chi connectivity index (χ1v) is 11.2. The van der Waals surface area contributed by atoms with E-state index in [1.54, 1.807) is 13.4 Å². The Bertz CT molecular complexity index is 1260. The zero-order valence-electron chi connectivity index (χ0n) is 20.2. The van der Waals surface area contributed by atoms with Gasteiger partial charge in [0.25, 0.3) is 0 Å². The zero-order valence-corrected chi connectivity index (χ0v) is 20.2. The molecule has 9 heteroatoms. The molecule has 0 spiro atoms. The summed E-state index contributed by atoms with van der Waals surface area (Å²) < 4.78 is 13.1. The summed E-state index contributed by atoms with van der Waals surface area (Å²) in [6.45, 7) is 6.47. The summed E-state index contributed by atoms with van der Waals surface area (Å²) >= 11 is 0. The highest BCUT2D eigenvalue weighted by molar-refractivity contribution is 5.71. The van der Waals surface area contributed by atoms with Crippen molar-refractivity contribution in [3.8, 4) is 28.4 Å². The Hall–Kier alpha value is -3.56. The first-order valence-electron chi connectivity index (χ1n) is 11.2. The highest BCUT2D eigenvalue weighted by Crippen LogP contribution is 2.32. The fourth-order valence-corrected chi connectivity index (χ4v) is 3.87. The molecule has 9 nitrogen and oxygen atoms in total. The first-order chi connectivity index (χ1) is 16.4. The SMILES string of the molecule is CNCC(O)COc1cccc(-c2nc(Cc3cn(C)cn3)c(C)c(-c3c(C)noc3C)n2)c1. The Kier molecular flexibility index (Phi) is 7.04. The number of aliphatic hydroxyl groups is 1. The lowest BCUT2D eigenvalue weighted by atomic mass is 10.0. The van der Waals surface area contributed by atoms with Crippen LogP contribution in [0.15, 0.2) is 41.3 Å². The smallest absolute Gasteiger partial charge is 0.160 e. The van der Waals surface area contributed by atoms with Gasteiger partial charge in [-0.3, -0.25) is 0 Å². The van der Waals surface area contributed by atoms with E-state index in [0.717, 1.165) is 39.5 Å². The van der Waals surface area contributed by atoms with Crippen LogP contribution in [-0.4, -0.2) is 56.1 Å². The second kappa shape index (κ2) is 10.1. The third-order valence-corrected chi connectivity index (χ3v) is 5.60. The molecule has 0 saturated carbocycles. The average molecular weight is 463 g/mol. The fraction of sp³-hybridized carbons (Fsp3) is 0.360. The molecule has 0 aliphatic rings. The first kappa shape index (κ1) is 23.6. The molecule has 1 atom stereocenters. The minimum absolute atomic E-state index is 0.189. The average Bonchev–Trinajstić information content (AvgIpc) is 3.38. The van der Waals surface area contributed by atoms with E-state index in [9.17, 15) is 5.11 Å². The van der Waals surface area contributed by atoms with E-state index >= 15 is 0 Å². The number of hydrogen-bond donors (Lipinski definition) is 2. The van der Waals surface area contributed by atoms with Gasteiger partial charge in [-0.05, 0) is 45.5 Å². The van der Waals surface area contributed by atoms with Crippen molar-refractivity contribution in [3.63, 3.8) is 0 Å². The molecular weight excluding hydrogens is 432 g/mol. The van der Waals surface area contributed by atoms with Crippen LogP contribution in [0, 0.1) is 20.8 Å². The van der Waals surface area contributed by atoms with Gasteiger partial charge in [-0.15, -0.1) is 0 Å². The van der Waals surface area contributed by atoms with Crippen LogP contribution in [-0.2, 0) is 13.5 Å². The molecule has 34 heavy (non-hydrogen) atoms. The molecule has 4 rings (SSSR count). The number of imidazole rings is 1. The van der Waals surface area contributed by atoms with Crippen LogP contribution in [0.5, 0.6) is 5.75 Å². The molecule has 0 saturated heterocycles. The molecule has 3 aromatic heterocycles. The highest BCUT2D eigenvalue weighted by atomic mass is 16.5. The van der Waals surface area contributed by atoms with Crippen LogP contribution in [0.25, 0.3) is 22.6 Å². The molecule has 2 N–H and O–H groups in total. The number of aryl methyl sites for hydroxylation is 3. The Labute approximate surface area is 198 Å². The molecule has 1 unspecified atom stereocenters. The number of aliphatic hydroxyl groups excluding tert-OH is 1. The van der Waals surface area contributed by atoms with Crippen molar-refractivity contribution >= 4 is 0 Å². The lowest BCUT2D eigenvalue weighted by Gasteiger charge is -2.14. The van der Waals surface area contributed by atoms with Crippen LogP contribution in [0.2, 0.25) is 0 Å². The summed E-state index contributed by atoms with van der Waals surface area (Å²) in [5.41, 5.74) is 6.05. The van der Waals surface area contributed by atoms with Crippen molar-refractivity contribution in [1.82, 2.24) is 30.0 Å². The predicted octanol–water partition coefficient (Wildman–Crippen LogP) is 3.01. The molecule has 178 valence electrons. The highest BCUT2D eigenvalue weighted by Gasteiger charge is 2.21. The summed E-state index contributed by atoms with van der Waals surface area (Å²) in [7, 11) is 3.74. The van der Waals surface area contributed by atoms with Crippen molar-refractivity contribution in [2.24, 2.45) is 7.05 Å². The van der Waals surface area contributed by atoms with E-state index in [1.165, 1.54) is 0 Å². The number of aromatic nitrogens is 5. The van der Waals surface area contributed by atoms with Gasteiger partial charge in [0.2, 0.25) is 0 Å². The number of benzene rings is 1. The van der Waals surface area contributed by atoms with E-state index in [4.69, 9.17) is 19.2 Å². The van der Waals surface area contributed by atoms with E-state index < -0.39 is 6.10 Å². The second-order valence-electron chi connectivity index (χ2n) is 8.42. The molecule has 0 aliphatic heterocycles. The van der Waals surface area contributed by atoms with E-state index in [2.05, 4.69) is 15.5 Å². The summed E-state index contributed by atoms with van der Waals surface area (Å²) in [5.74, 6) is 1.93. The summed E-state index contributed by atoms with van der Waals surface area (Å²) in [6.07, 6.45) is 3.75. The quantitative estimate of drug-likeness (QED) is 0.391. The van der Waals surface area contributed by atoms with Gasteiger partial charge in [0.1, 0.15) is 24.2 Å². The van der Waals surface area contributed by atoms with Gasteiger partial charge in [-0.1, -0.05) is 17.3 Å². The van der Waals surface area contributed by atoms with Gasteiger partial charge in [-0.25, -0.2) is 15.0 Å². The van der Waals surface area contributed by atoms with Gasteiger partial charge in [-0.2, -0.15) is 0 Å². The maximum absolute atomic E-state index is 9.97. The molecule has 0 fully saturated rings. The molecule has 3 heterocycles. The molecule has 1 aromatic carbocycles. The monoisotopic (exact) mass is 462 g/mol. The van der Waals surface area contributed by atoms with Gasteiger partial charge >= 0.3 is 0 Å². The van der Waals surface area contributed by atoms with Crippen LogP contribution >= 0.6 is 0 Å². The minimum atomic E-state index is -0.597. The number of nitrogens with one attached hydrogen (secondary N) is 1. The van der Waals surface area contributed by atoms with Gasteiger partial charge in [0.15, 0.2) is 5.82 Å². The largest absolute Gasteiger partial charge is 0.491 e. The maximum Gasteiger partial charge on any atom is 0.160 e. The van der Waals surface area contributed by atoms with Crippen molar-refractivity contribution in [2.45, 2.75) is 33.3 Å². The Morgan fingerprint density at radius 2 is 2.03 bits per heavy atom. The molecular formula is C25H30N6O3. The van der Waals surface area contributed by atoms with Crippen molar-refractivity contribution in [2.75, 3.05) is 20.2 Å². The third-order valence-electron chi connectivity index (χ3n) is 5.60. The van der Waals surface area contributed by atoms with Crippen molar-refractivity contribution in [3.05, 3.63) is 65.2 Å². The Morgan fingerprint density at radius 1 is 1.21 bits per heavy atom. The van der Waals surface area contributed by atoms with E-state index in [-0.39, 0.29) is 6.61 Å². The van der Waals surface area contributed by atoms with Crippen LogP contribution in [0.1, 0.15) is 28.4 Å². The van der Waals surface area contributed by atoms with Crippen molar-refractivity contribution in [1.29, 1.82) is 0 Å². The number of ether oxygens (including phenoxy) is 1. The third kappa shape index (κ3) is 5.16. The summed E-state index contributed by atoms with van der Waals surface area (Å²) in [6, 6.07) is 7.59. The molecule has 0 amide bonds. The Balaban J connectivity index is 1.76. The fourth-order valence-electron chi connectivity index (χ4n) is 3.87. The van der Waals surface area contributed by atoms with Gasteiger partial charge in [0.05, 0.1) is 34.7 Å². The summed E-state index contributed by atoms with van der Waals surface area (Å²) in [4.78, 5) is 14.3. The Morgan fingerprint density at radius 3 is 2.71 bits per heavy atom. The van der Waals surface area contributed by atoms with Crippen LogP contribution in [0.4, 0.5) is 0 Å². The predicted molar refractivity (Wildman–Crippen MR) is 129 cm³/mol. The second-order valence-corrected chi connectivity index (χ2v) is 8.42. The van der Waals surface area contributed by atoms with Gasteiger partial charge < -0.3 is 24.3 Å². The van der Waals surface area contributed by atoms with E-state index in [0.29, 0.717) is 30.3 Å². The van der Waals surface area contributed by atoms with Crippen molar-refractivity contribution < 1.29 is 14.4 Å². The number of likely N-dealkylation sites (N-methyl/N-ethyl adjacent to an activating group) is 1. The molecule has 0 radical (unpaired) electrons. The molecule has 4 aromatic rings. The minimum Gasteiger partial charge on any atom is -0.491 e. The molecule has 0 bridgehead atoms. The topological polar surface area (TPSA) is 111 Å². The standard InChI is InChI=1S/C25H30N6O3/c1-15-22(10-19-12-31(5)14-27-19)28-25(29-24(15)23-16(2)30-34-17(23)3)18-7-6-8-21(9-18)33-13-20(32)11-26-4/h6-9,12,14,20,26,32H,10-11,13H2,1-5H3.